The van der Waals surface area contributed by atoms with Crippen LogP contribution >= 0.6 is 27.7 Å². The van der Waals surface area contributed by atoms with E-state index in [1.165, 1.54) is 16.3 Å². The molecule has 4 aromatic rings. The number of fused-ring (bicyclic) bond motifs is 3. The van der Waals surface area contributed by atoms with Gasteiger partial charge < -0.3 is 24.3 Å². The number of benzene rings is 3. The zero-order valence-electron chi connectivity index (χ0n) is 21.7. The van der Waals surface area contributed by atoms with Gasteiger partial charge in [-0.1, -0.05) is 45.9 Å². The third-order valence-electron chi connectivity index (χ3n) is 6.62. The lowest BCUT2D eigenvalue weighted by atomic mass is 10.2. The van der Waals surface area contributed by atoms with Crippen LogP contribution in [0.2, 0.25) is 0 Å². The monoisotopic (exact) mass is 637 g/mol. The molecule has 0 saturated heterocycles. The predicted octanol–water partition coefficient (Wildman–Crippen LogP) is 4.69. The van der Waals surface area contributed by atoms with Crippen LogP contribution in [0.25, 0.3) is 10.9 Å². The van der Waals surface area contributed by atoms with E-state index in [2.05, 4.69) is 21.2 Å². The summed E-state index contributed by atoms with van der Waals surface area (Å²) < 4.78 is 24.0. The van der Waals surface area contributed by atoms with Crippen molar-refractivity contribution in [3.05, 3.63) is 80.6 Å². The highest BCUT2D eigenvalue weighted by Gasteiger charge is 2.20. The lowest BCUT2D eigenvalue weighted by Gasteiger charge is -2.13. The molecule has 0 spiro atoms. The number of amides is 1. The molecular formula is C29H24BrN3O7S. The van der Waals surface area contributed by atoms with Crippen LogP contribution < -0.4 is 29.8 Å². The Bertz CT molecular complexity index is 1710. The molecule has 0 saturated carbocycles. The van der Waals surface area contributed by atoms with Crippen LogP contribution in [0, 0.1) is 0 Å². The van der Waals surface area contributed by atoms with Crippen molar-refractivity contribution in [1.82, 2.24) is 14.9 Å². The minimum absolute atomic E-state index is 0.0739. The van der Waals surface area contributed by atoms with E-state index in [0.29, 0.717) is 57.6 Å². The van der Waals surface area contributed by atoms with Crippen LogP contribution in [-0.4, -0.2) is 40.6 Å². The maximum atomic E-state index is 13.6. The molecule has 0 fully saturated rings. The highest BCUT2D eigenvalue weighted by Crippen LogP contribution is 2.35. The van der Waals surface area contributed by atoms with Gasteiger partial charge in [0.1, 0.15) is 0 Å². The van der Waals surface area contributed by atoms with Crippen molar-refractivity contribution >= 4 is 50.3 Å². The molecule has 0 aliphatic carbocycles. The second-order valence-corrected chi connectivity index (χ2v) is 11.2. The van der Waals surface area contributed by atoms with Gasteiger partial charge in [-0.2, -0.15) is 0 Å². The first kappa shape index (κ1) is 27.2. The fourth-order valence-corrected chi connectivity index (χ4v) is 5.67. The number of rotatable bonds is 10. The zero-order valence-corrected chi connectivity index (χ0v) is 24.1. The van der Waals surface area contributed by atoms with Crippen LogP contribution in [0.5, 0.6) is 23.0 Å². The van der Waals surface area contributed by atoms with E-state index in [-0.39, 0.29) is 49.6 Å². The van der Waals surface area contributed by atoms with Crippen LogP contribution in [0.3, 0.4) is 0 Å². The predicted molar refractivity (Wildman–Crippen MR) is 155 cm³/mol. The molecule has 2 aliphatic rings. The Kier molecular flexibility index (Phi) is 7.84. The smallest absolute Gasteiger partial charge is 0.262 e. The third kappa shape index (κ3) is 6.03. The number of carbonyl (C=O) groups excluding carboxylic acids is 2. The number of ketones is 1. The summed E-state index contributed by atoms with van der Waals surface area (Å²) in [5.74, 6) is 2.21. The average Bonchev–Trinajstić information content (AvgIpc) is 3.64. The second-order valence-electron chi connectivity index (χ2n) is 9.36. The minimum atomic E-state index is -0.271. The van der Waals surface area contributed by atoms with Gasteiger partial charge in [0.05, 0.1) is 16.7 Å². The van der Waals surface area contributed by atoms with Crippen molar-refractivity contribution in [2.24, 2.45) is 0 Å². The van der Waals surface area contributed by atoms with E-state index in [1.807, 2.05) is 30.3 Å². The molecule has 2 aliphatic heterocycles. The van der Waals surface area contributed by atoms with E-state index in [4.69, 9.17) is 23.9 Å². The largest absolute Gasteiger partial charge is 0.454 e. The molecule has 3 heterocycles. The van der Waals surface area contributed by atoms with Gasteiger partial charge in [0, 0.05) is 35.6 Å². The van der Waals surface area contributed by atoms with E-state index >= 15 is 0 Å². The topological polar surface area (TPSA) is 118 Å². The van der Waals surface area contributed by atoms with Crippen molar-refractivity contribution in [2.75, 3.05) is 19.3 Å². The van der Waals surface area contributed by atoms with E-state index in [0.717, 1.165) is 10.0 Å². The Balaban J connectivity index is 1.16. The number of thioether (sulfide) groups is 1. The van der Waals surface area contributed by atoms with Crippen LogP contribution in [0.4, 0.5) is 0 Å². The van der Waals surface area contributed by atoms with Crippen molar-refractivity contribution in [1.29, 1.82) is 0 Å². The zero-order chi connectivity index (χ0) is 28.3. The van der Waals surface area contributed by atoms with Crippen molar-refractivity contribution < 1.29 is 28.5 Å². The number of Topliss-reactive ketones (excluding diaryl/α,β-unsaturated/α-hetero) is 1. The summed E-state index contributed by atoms with van der Waals surface area (Å²) in [6.45, 7) is 0.864. The number of hydrogen-bond donors (Lipinski definition) is 1. The molecule has 0 radical (unpaired) electrons. The van der Waals surface area contributed by atoms with Gasteiger partial charge in [0.2, 0.25) is 19.5 Å². The van der Waals surface area contributed by atoms with Crippen LogP contribution in [0.1, 0.15) is 28.8 Å². The molecule has 3 aromatic carbocycles. The summed E-state index contributed by atoms with van der Waals surface area (Å²) in [6.07, 6.45) is 0.608. The summed E-state index contributed by atoms with van der Waals surface area (Å²) >= 11 is 4.56. The quantitative estimate of drug-likeness (QED) is 0.150. The number of ether oxygens (including phenoxy) is 4. The standard InChI is InChI=1S/C29H24BrN3O7S/c30-19-6-4-18(5-7-19)22(34)14-41-29-32-21-12-26-25(39-16-40-26)11-20(21)28(36)33(29)9-1-2-27(35)31-13-17-3-8-23-24(10-17)38-15-37-23/h3-8,10-12H,1-2,9,13-16H2,(H,31,35). The Labute approximate surface area is 247 Å². The first-order valence-corrected chi connectivity index (χ1v) is 14.6. The number of nitrogens with zero attached hydrogens (tertiary/aromatic N) is 2. The summed E-state index contributed by atoms with van der Waals surface area (Å²) in [4.78, 5) is 43.7. The highest BCUT2D eigenvalue weighted by atomic mass is 79.9. The molecule has 1 aromatic heterocycles. The summed E-state index contributed by atoms with van der Waals surface area (Å²) in [7, 11) is 0. The van der Waals surface area contributed by atoms with Gasteiger partial charge in [0.15, 0.2) is 33.9 Å². The molecule has 1 N–H and O–H groups in total. The van der Waals surface area contributed by atoms with E-state index in [9.17, 15) is 14.4 Å². The Hall–Kier alpha value is -4.03. The average molecular weight is 638 g/mol. The third-order valence-corrected chi connectivity index (χ3v) is 8.13. The van der Waals surface area contributed by atoms with Crippen LogP contribution in [-0.2, 0) is 17.9 Å². The lowest BCUT2D eigenvalue weighted by molar-refractivity contribution is -0.121. The minimum Gasteiger partial charge on any atom is -0.454 e. The number of carbonyl (C=O) groups is 2. The van der Waals surface area contributed by atoms with Gasteiger partial charge in [0.25, 0.3) is 5.56 Å². The molecule has 41 heavy (non-hydrogen) atoms. The molecule has 10 nitrogen and oxygen atoms in total. The summed E-state index contributed by atoms with van der Waals surface area (Å²) in [6, 6.07) is 15.9. The SMILES string of the molecule is O=C(CCCn1c(SCC(=O)c2ccc(Br)cc2)nc2cc3c(cc2c1=O)OCO3)NCc1ccc2c(c1)OCO2. The second kappa shape index (κ2) is 11.8. The van der Waals surface area contributed by atoms with Gasteiger partial charge in [-0.05, 0) is 42.3 Å². The molecule has 1 amide bonds. The number of nitrogens with one attached hydrogen (secondary N) is 1. The Morgan fingerprint density at radius 3 is 2.41 bits per heavy atom. The number of hydrogen-bond acceptors (Lipinski definition) is 9. The van der Waals surface area contributed by atoms with Crippen LogP contribution in [0.15, 0.2) is 69.0 Å². The summed E-state index contributed by atoms with van der Waals surface area (Å²) in [5.41, 5.74) is 1.64. The van der Waals surface area contributed by atoms with Crippen molar-refractivity contribution in [3.63, 3.8) is 0 Å². The normalized spacial score (nSPS) is 13.0. The first-order chi connectivity index (χ1) is 19.9. The molecule has 0 unspecified atom stereocenters. The number of aromatic nitrogens is 2. The van der Waals surface area contributed by atoms with E-state index < -0.39 is 0 Å². The van der Waals surface area contributed by atoms with Gasteiger partial charge in [-0.3, -0.25) is 19.0 Å². The first-order valence-electron chi connectivity index (χ1n) is 12.9. The maximum absolute atomic E-state index is 13.6. The molecule has 210 valence electrons. The molecule has 0 atom stereocenters. The number of halogens is 1. The maximum Gasteiger partial charge on any atom is 0.262 e. The molecule has 0 bridgehead atoms. The fourth-order valence-electron chi connectivity index (χ4n) is 4.48. The Morgan fingerprint density at radius 1 is 0.927 bits per heavy atom. The molecule has 12 heteroatoms. The summed E-state index contributed by atoms with van der Waals surface area (Å²) in [5, 5.41) is 3.68. The lowest BCUT2D eigenvalue weighted by Crippen LogP contribution is -2.26. The fraction of sp³-hybridized carbons (Fsp3) is 0.241. The highest BCUT2D eigenvalue weighted by molar-refractivity contribution is 9.10. The van der Waals surface area contributed by atoms with Crippen molar-refractivity contribution in [3.8, 4) is 23.0 Å². The molecular weight excluding hydrogens is 614 g/mol. The Morgan fingerprint density at radius 2 is 1.63 bits per heavy atom. The van der Waals surface area contributed by atoms with Gasteiger partial charge in [-0.15, -0.1) is 0 Å². The van der Waals surface area contributed by atoms with Gasteiger partial charge >= 0.3 is 0 Å². The molecule has 6 rings (SSSR count). The van der Waals surface area contributed by atoms with E-state index in [1.54, 1.807) is 24.3 Å². The van der Waals surface area contributed by atoms with Gasteiger partial charge in [-0.25, -0.2) is 4.98 Å². The van der Waals surface area contributed by atoms with Crippen molar-refractivity contribution in [2.45, 2.75) is 31.1 Å².